The van der Waals surface area contributed by atoms with E-state index in [9.17, 15) is 9.59 Å². The van der Waals surface area contributed by atoms with E-state index in [1.165, 1.54) is 11.0 Å². The minimum absolute atomic E-state index is 0.263. The summed E-state index contributed by atoms with van der Waals surface area (Å²) >= 11 is 0. The van der Waals surface area contributed by atoms with Crippen LogP contribution in [0.4, 0.5) is 5.69 Å². The van der Waals surface area contributed by atoms with Crippen LogP contribution in [0.1, 0.15) is 5.56 Å². The molecule has 1 aromatic carbocycles. The maximum atomic E-state index is 11.5. The van der Waals surface area contributed by atoms with Crippen LogP contribution in [0.3, 0.4) is 0 Å². The van der Waals surface area contributed by atoms with Crippen LogP contribution in [-0.2, 0) is 9.59 Å². The summed E-state index contributed by atoms with van der Waals surface area (Å²) in [5.41, 5.74) is 1.48. The second kappa shape index (κ2) is 5.52. The van der Waals surface area contributed by atoms with Gasteiger partial charge in [0, 0.05) is 24.4 Å². The number of anilines is 1. The molecule has 0 heterocycles. The standard InChI is InChI=1S/C13H11NO2/c1-3-11-6-8-12(9-7-11)14(2)13(16)5-4-10-15/h1,4-10H,2H3/b5-4-. The first kappa shape index (κ1) is 11.7. The lowest BCUT2D eigenvalue weighted by Crippen LogP contribution is -2.23. The van der Waals surface area contributed by atoms with Gasteiger partial charge in [0.2, 0.25) is 0 Å². The first-order valence-corrected chi connectivity index (χ1v) is 4.65. The zero-order chi connectivity index (χ0) is 12.0. The molecule has 0 saturated carbocycles. The molecule has 1 rings (SSSR count). The van der Waals surface area contributed by atoms with Crippen molar-refractivity contribution in [3.8, 4) is 12.3 Å². The smallest absolute Gasteiger partial charge is 0.250 e. The van der Waals surface area contributed by atoms with Crippen molar-refractivity contribution in [1.82, 2.24) is 0 Å². The molecular formula is C13H11NO2. The minimum Gasteiger partial charge on any atom is -0.312 e. The van der Waals surface area contributed by atoms with Crippen LogP contribution in [-0.4, -0.2) is 19.2 Å². The summed E-state index contributed by atoms with van der Waals surface area (Å²) in [5, 5.41) is 0. The van der Waals surface area contributed by atoms with Gasteiger partial charge in [0.25, 0.3) is 5.91 Å². The number of hydrogen-bond donors (Lipinski definition) is 0. The second-order valence-electron chi connectivity index (χ2n) is 3.08. The molecular weight excluding hydrogens is 202 g/mol. The molecule has 0 aliphatic carbocycles. The van der Waals surface area contributed by atoms with Gasteiger partial charge in [-0.3, -0.25) is 9.59 Å². The fourth-order valence-electron chi connectivity index (χ4n) is 1.14. The number of amides is 1. The number of rotatable bonds is 3. The monoisotopic (exact) mass is 213 g/mol. The van der Waals surface area contributed by atoms with Crippen molar-refractivity contribution in [2.75, 3.05) is 11.9 Å². The van der Waals surface area contributed by atoms with E-state index in [0.29, 0.717) is 6.29 Å². The van der Waals surface area contributed by atoms with Crippen molar-refractivity contribution in [2.24, 2.45) is 0 Å². The molecule has 0 radical (unpaired) electrons. The lowest BCUT2D eigenvalue weighted by atomic mass is 10.2. The molecule has 0 N–H and O–H groups in total. The van der Waals surface area contributed by atoms with Crippen LogP contribution in [0.15, 0.2) is 36.4 Å². The Balaban J connectivity index is 2.84. The third-order valence-electron chi connectivity index (χ3n) is 2.07. The van der Waals surface area contributed by atoms with E-state index in [0.717, 1.165) is 17.3 Å². The Labute approximate surface area is 94.4 Å². The van der Waals surface area contributed by atoms with Crippen LogP contribution in [0.2, 0.25) is 0 Å². The summed E-state index contributed by atoms with van der Waals surface area (Å²) < 4.78 is 0. The molecule has 0 atom stereocenters. The number of carbonyl (C=O) groups is 2. The molecule has 0 aliphatic heterocycles. The number of nitrogens with zero attached hydrogens (tertiary/aromatic N) is 1. The molecule has 0 saturated heterocycles. The van der Waals surface area contributed by atoms with Gasteiger partial charge < -0.3 is 4.90 Å². The third kappa shape index (κ3) is 2.82. The minimum atomic E-state index is -0.263. The highest BCUT2D eigenvalue weighted by molar-refractivity contribution is 6.02. The van der Waals surface area contributed by atoms with Crippen LogP contribution in [0, 0.1) is 12.3 Å². The van der Waals surface area contributed by atoms with E-state index in [1.807, 2.05) is 0 Å². The van der Waals surface area contributed by atoms with Crippen LogP contribution in [0.25, 0.3) is 0 Å². The first-order valence-electron chi connectivity index (χ1n) is 4.65. The van der Waals surface area contributed by atoms with E-state index < -0.39 is 0 Å². The van der Waals surface area contributed by atoms with E-state index in [2.05, 4.69) is 5.92 Å². The molecule has 0 bridgehead atoms. The van der Waals surface area contributed by atoms with Gasteiger partial charge in [-0.25, -0.2) is 0 Å². The average molecular weight is 213 g/mol. The van der Waals surface area contributed by atoms with Crippen molar-refractivity contribution < 1.29 is 9.59 Å². The lowest BCUT2D eigenvalue weighted by molar-refractivity contribution is -0.114. The molecule has 1 aromatic rings. The second-order valence-corrected chi connectivity index (χ2v) is 3.08. The highest BCUT2D eigenvalue weighted by atomic mass is 16.2. The highest BCUT2D eigenvalue weighted by Gasteiger charge is 2.06. The molecule has 16 heavy (non-hydrogen) atoms. The quantitative estimate of drug-likeness (QED) is 0.432. The summed E-state index contributed by atoms with van der Waals surface area (Å²) in [5.74, 6) is 2.23. The SMILES string of the molecule is C#Cc1ccc(N(C)C(=O)/C=C\C=O)cc1. The number of hydrogen-bond acceptors (Lipinski definition) is 2. The largest absolute Gasteiger partial charge is 0.312 e. The fourth-order valence-corrected chi connectivity index (χ4v) is 1.14. The fraction of sp³-hybridized carbons (Fsp3) is 0.0769. The Hall–Kier alpha value is -2.34. The molecule has 0 spiro atoms. The summed E-state index contributed by atoms with van der Waals surface area (Å²) in [4.78, 5) is 23.0. The van der Waals surface area contributed by atoms with E-state index in [1.54, 1.807) is 31.3 Å². The topological polar surface area (TPSA) is 37.4 Å². The number of aldehydes is 1. The summed E-state index contributed by atoms with van der Waals surface area (Å²) in [7, 11) is 1.63. The molecule has 80 valence electrons. The van der Waals surface area contributed by atoms with Gasteiger partial charge in [-0.15, -0.1) is 6.42 Å². The van der Waals surface area contributed by atoms with Gasteiger partial charge in [-0.05, 0) is 30.3 Å². The number of carbonyl (C=O) groups excluding carboxylic acids is 2. The molecule has 3 heteroatoms. The first-order chi connectivity index (χ1) is 7.69. The maximum absolute atomic E-state index is 11.5. The normalized spacial score (nSPS) is 9.75. The zero-order valence-corrected chi connectivity index (χ0v) is 8.88. The predicted octanol–water partition coefficient (Wildman–Crippen LogP) is 1.39. The molecule has 1 amide bonds. The molecule has 3 nitrogen and oxygen atoms in total. The Morgan fingerprint density at radius 2 is 2.00 bits per heavy atom. The van der Waals surface area contributed by atoms with Crippen molar-refractivity contribution in [3.05, 3.63) is 42.0 Å². The molecule has 0 aromatic heterocycles. The van der Waals surface area contributed by atoms with Gasteiger partial charge in [0.15, 0.2) is 0 Å². The van der Waals surface area contributed by atoms with Gasteiger partial charge in [0.1, 0.15) is 6.29 Å². The Morgan fingerprint density at radius 1 is 1.38 bits per heavy atom. The number of allylic oxidation sites excluding steroid dienone is 1. The summed E-state index contributed by atoms with van der Waals surface area (Å²) in [6.45, 7) is 0. The van der Waals surface area contributed by atoms with E-state index in [-0.39, 0.29) is 5.91 Å². The van der Waals surface area contributed by atoms with Gasteiger partial charge in [-0.1, -0.05) is 5.92 Å². The number of terminal acetylenes is 1. The summed E-state index contributed by atoms with van der Waals surface area (Å²) in [6, 6.07) is 7.01. The zero-order valence-electron chi connectivity index (χ0n) is 8.88. The predicted molar refractivity (Wildman–Crippen MR) is 63.0 cm³/mol. The van der Waals surface area contributed by atoms with Gasteiger partial charge >= 0.3 is 0 Å². The van der Waals surface area contributed by atoms with Crippen molar-refractivity contribution in [2.45, 2.75) is 0 Å². The number of likely N-dealkylation sites (N-methyl/N-ethyl adjacent to an activating group) is 1. The van der Waals surface area contributed by atoms with E-state index >= 15 is 0 Å². The molecule has 0 aliphatic rings. The summed E-state index contributed by atoms with van der Waals surface area (Å²) in [6.07, 6.45) is 8.16. The van der Waals surface area contributed by atoms with Crippen molar-refractivity contribution in [3.63, 3.8) is 0 Å². The van der Waals surface area contributed by atoms with Crippen LogP contribution >= 0.6 is 0 Å². The van der Waals surface area contributed by atoms with E-state index in [4.69, 9.17) is 6.42 Å². The van der Waals surface area contributed by atoms with Crippen LogP contribution in [0.5, 0.6) is 0 Å². The maximum Gasteiger partial charge on any atom is 0.250 e. The Morgan fingerprint density at radius 3 is 2.50 bits per heavy atom. The van der Waals surface area contributed by atoms with Crippen molar-refractivity contribution >= 4 is 17.9 Å². The highest BCUT2D eigenvalue weighted by Crippen LogP contribution is 2.13. The van der Waals surface area contributed by atoms with Gasteiger partial charge in [-0.2, -0.15) is 0 Å². The third-order valence-corrected chi connectivity index (χ3v) is 2.07. The Bertz CT molecular complexity index is 452. The van der Waals surface area contributed by atoms with Gasteiger partial charge in [0.05, 0.1) is 0 Å². The average Bonchev–Trinajstić information content (AvgIpc) is 2.35. The lowest BCUT2D eigenvalue weighted by Gasteiger charge is -2.14. The Kier molecular flexibility index (Phi) is 4.05. The van der Waals surface area contributed by atoms with Crippen molar-refractivity contribution in [1.29, 1.82) is 0 Å². The molecule has 0 unspecified atom stereocenters. The van der Waals surface area contributed by atoms with Crippen LogP contribution < -0.4 is 4.90 Å². The molecule has 0 fully saturated rings. The number of benzene rings is 1.